The predicted molar refractivity (Wildman–Crippen MR) is 109 cm³/mol. The molecule has 1 aliphatic rings. The van der Waals surface area contributed by atoms with Crippen LogP contribution in [-0.4, -0.2) is 21.9 Å². The number of fused-ring (bicyclic) bond motifs is 1. The first-order valence-corrected chi connectivity index (χ1v) is 9.17. The van der Waals surface area contributed by atoms with Gasteiger partial charge >= 0.3 is 0 Å². The van der Waals surface area contributed by atoms with Gasteiger partial charge in [0.15, 0.2) is 11.6 Å². The highest BCUT2D eigenvalue weighted by molar-refractivity contribution is 9.10. The van der Waals surface area contributed by atoms with Gasteiger partial charge in [-0.25, -0.2) is 10.1 Å². The third-order valence-corrected chi connectivity index (χ3v) is 4.79. The van der Waals surface area contributed by atoms with Crippen LogP contribution in [0, 0.1) is 0 Å². The second-order valence-electron chi connectivity index (χ2n) is 6.03. The molecule has 0 unspecified atom stereocenters. The summed E-state index contributed by atoms with van der Waals surface area (Å²) in [5.74, 6) is 0.185. The van der Waals surface area contributed by atoms with Crippen LogP contribution in [0.15, 0.2) is 94.4 Å². The molecule has 0 amide bonds. The molecule has 0 saturated carbocycles. The summed E-state index contributed by atoms with van der Waals surface area (Å²) in [6, 6.07) is 23.9. The highest BCUT2D eigenvalue weighted by atomic mass is 79.9. The third kappa shape index (κ3) is 3.47. The van der Waals surface area contributed by atoms with E-state index in [0.717, 1.165) is 15.1 Å². The Balaban J connectivity index is 1.81. The lowest BCUT2D eigenvalue weighted by molar-refractivity contribution is 0.0502. The van der Waals surface area contributed by atoms with Crippen molar-refractivity contribution in [3.05, 3.63) is 106 Å². The topological polar surface area (TPSA) is 52.9 Å². The number of aliphatic imine (C=N–C) groups is 1. The molecule has 4 nitrogen and oxygen atoms in total. The zero-order valence-corrected chi connectivity index (χ0v) is 15.8. The van der Waals surface area contributed by atoms with Crippen molar-refractivity contribution in [2.75, 3.05) is 0 Å². The van der Waals surface area contributed by atoms with E-state index in [1.54, 1.807) is 12.1 Å². The van der Waals surface area contributed by atoms with Crippen molar-refractivity contribution in [1.82, 2.24) is 5.06 Å². The van der Waals surface area contributed by atoms with Crippen LogP contribution in [0.3, 0.4) is 0 Å². The van der Waals surface area contributed by atoms with E-state index in [2.05, 4.69) is 20.9 Å². The number of nitrogens with zero attached hydrogens (tertiary/aromatic N) is 2. The fourth-order valence-corrected chi connectivity index (χ4v) is 3.18. The van der Waals surface area contributed by atoms with Crippen LogP contribution < -0.4 is 0 Å². The van der Waals surface area contributed by atoms with Crippen LogP contribution >= 0.6 is 15.9 Å². The van der Waals surface area contributed by atoms with E-state index in [-0.39, 0.29) is 5.78 Å². The van der Waals surface area contributed by atoms with E-state index in [1.807, 2.05) is 66.7 Å². The highest BCUT2D eigenvalue weighted by Gasteiger charge is 2.25. The van der Waals surface area contributed by atoms with Gasteiger partial charge in [-0.05, 0) is 30.3 Å². The van der Waals surface area contributed by atoms with Gasteiger partial charge in [-0.1, -0.05) is 64.5 Å². The number of carbonyl (C=O) groups is 1. The summed E-state index contributed by atoms with van der Waals surface area (Å²) in [5.41, 5.74) is 3.10. The minimum absolute atomic E-state index is 0.194. The van der Waals surface area contributed by atoms with Gasteiger partial charge in [0.05, 0.1) is 11.4 Å². The number of carbonyl (C=O) groups excluding carboxylic acids is 1. The summed E-state index contributed by atoms with van der Waals surface area (Å²) >= 11 is 3.37. The molecule has 27 heavy (non-hydrogen) atoms. The Morgan fingerprint density at radius 3 is 2.33 bits per heavy atom. The van der Waals surface area contributed by atoms with E-state index < -0.39 is 0 Å². The summed E-state index contributed by atoms with van der Waals surface area (Å²) in [7, 11) is 0. The zero-order valence-electron chi connectivity index (χ0n) is 14.2. The van der Waals surface area contributed by atoms with Crippen LogP contribution in [0.1, 0.15) is 21.5 Å². The number of ketones is 1. The molecule has 1 N–H and O–H groups in total. The average Bonchev–Trinajstić information content (AvgIpc) is 2.71. The smallest absolute Gasteiger partial charge is 0.188 e. The number of hydrogen-bond acceptors (Lipinski definition) is 4. The lowest BCUT2D eigenvalue weighted by atomic mass is 10.0. The van der Waals surface area contributed by atoms with Crippen molar-refractivity contribution in [1.29, 1.82) is 0 Å². The maximum absolute atomic E-state index is 12.8. The molecule has 0 spiro atoms. The Kier molecular flexibility index (Phi) is 4.71. The summed E-state index contributed by atoms with van der Waals surface area (Å²) in [5, 5.41) is 11.8. The van der Waals surface area contributed by atoms with Crippen LogP contribution in [-0.2, 0) is 0 Å². The lowest BCUT2D eigenvalue weighted by Crippen LogP contribution is -2.30. The van der Waals surface area contributed by atoms with Crippen molar-refractivity contribution >= 4 is 38.9 Å². The highest BCUT2D eigenvalue weighted by Crippen LogP contribution is 2.34. The van der Waals surface area contributed by atoms with Crippen LogP contribution in [0.25, 0.3) is 5.70 Å². The van der Waals surface area contributed by atoms with Crippen LogP contribution in [0.2, 0.25) is 0 Å². The first-order chi connectivity index (χ1) is 13.1. The van der Waals surface area contributed by atoms with Gasteiger partial charge in [-0.3, -0.25) is 10.0 Å². The zero-order chi connectivity index (χ0) is 18.8. The van der Waals surface area contributed by atoms with Crippen molar-refractivity contribution in [2.45, 2.75) is 0 Å². The lowest BCUT2D eigenvalue weighted by Gasteiger charge is -2.27. The fraction of sp³-hybridized carbons (Fsp3) is 0. The Hall–Kier alpha value is -3.02. The second kappa shape index (κ2) is 7.31. The van der Waals surface area contributed by atoms with Crippen LogP contribution in [0.5, 0.6) is 0 Å². The second-order valence-corrected chi connectivity index (χ2v) is 6.95. The van der Waals surface area contributed by atoms with Gasteiger partial charge in [0.1, 0.15) is 0 Å². The number of rotatable bonds is 3. The third-order valence-electron chi connectivity index (χ3n) is 4.26. The number of halogens is 1. The molecule has 0 aliphatic carbocycles. The first kappa shape index (κ1) is 17.4. The van der Waals surface area contributed by atoms with Crippen molar-refractivity contribution in [3.63, 3.8) is 0 Å². The number of hydrogen-bond donors (Lipinski definition) is 1. The summed E-state index contributed by atoms with van der Waals surface area (Å²) in [4.78, 5) is 17.3. The maximum atomic E-state index is 12.8. The fourth-order valence-electron chi connectivity index (χ4n) is 2.91. The number of amidine groups is 1. The van der Waals surface area contributed by atoms with E-state index in [0.29, 0.717) is 28.3 Å². The largest absolute Gasteiger partial charge is 0.289 e. The van der Waals surface area contributed by atoms with E-state index in [9.17, 15) is 10.0 Å². The van der Waals surface area contributed by atoms with Crippen molar-refractivity contribution < 1.29 is 10.0 Å². The van der Waals surface area contributed by atoms with Crippen molar-refractivity contribution in [3.8, 4) is 0 Å². The summed E-state index contributed by atoms with van der Waals surface area (Å²) < 4.78 is 0.900. The Bertz CT molecular complexity index is 1060. The Labute approximate surface area is 165 Å². The predicted octanol–water partition coefficient (Wildman–Crippen LogP) is 5.46. The number of hydroxylamine groups is 2. The summed E-state index contributed by atoms with van der Waals surface area (Å²) in [6.45, 7) is 0. The molecule has 0 atom stereocenters. The summed E-state index contributed by atoms with van der Waals surface area (Å²) in [6.07, 6.45) is 1.44. The molecule has 5 heteroatoms. The average molecular weight is 419 g/mol. The van der Waals surface area contributed by atoms with Gasteiger partial charge in [0.25, 0.3) is 0 Å². The number of para-hydroxylation sites is 1. The molecular weight excluding hydrogens is 404 g/mol. The molecule has 0 aromatic heterocycles. The van der Waals surface area contributed by atoms with Crippen LogP contribution in [0.4, 0.5) is 5.69 Å². The Morgan fingerprint density at radius 2 is 1.59 bits per heavy atom. The quantitative estimate of drug-likeness (QED) is 0.453. The SMILES string of the molecule is O=C(/C=C1/c2ccccc2N=C(c2ccccc2)N1O)c1ccc(Br)cc1. The normalized spacial score (nSPS) is 14.7. The van der Waals surface area contributed by atoms with Crippen molar-refractivity contribution in [2.24, 2.45) is 4.99 Å². The molecule has 3 aromatic carbocycles. The van der Waals surface area contributed by atoms with Gasteiger partial charge in [0, 0.05) is 27.2 Å². The standard InChI is InChI=1S/C22H15BrN2O2/c23-17-12-10-15(11-13-17)21(26)14-20-18-8-4-5-9-19(18)24-22(25(20)27)16-6-2-1-3-7-16/h1-14,27H/b20-14-. The molecule has 132 valence electrons. The molecule has 4 rings (SSSR count). The number of benzene rings is 3. The van der Waals surface area contributed by atoms with Gasteiger partial charge < -0.3 is 0 Å². The molecule has 0 radical (unpaired) electrons. The molecule has 1 aliphatic heterocycles. The van der Waals surface area contributed by atoms with E-state index >= 15 is 0 Å². The first-order valence-electron chi connectivity index (χ1n) is 8.37. The number of allylic oxidation sites excluding steroid dienone is 1. The minimum Gasteiger partial charge on any atom is -0.289 e. The van der Waals surface area contributed by atoms with Gasteiger partial charge in [0.2, 0.25) is 0 Å². The van der Waals surface area contributed by atoms with Gasteiger partial charge in [-0.2, -0.15) is 0 Å². The Morgan fingerprint density at radius 1 is 0.926 bits per heavy atom. The molecule has 1 heterocycles. The molecule has 0 bridgehead atoms. The minimum atomic E-state index is -0.194. The maximum Gasteiger partial charge on any atom is 0.188 e. The van der Waals surface area contributed by atoms with E-state index in [1.165, 1.54) is 6.08 Å². The molecule has 3 aromatic rings. The molecular formula is C22H15BrN2O2. The van der Waals surface area contributed by atoms with Gasteiger partial charge in [-0.15, -0.1) is 0 Å². The van der Waals surface area contributed by atoms with E-state index in [4.69, 9.17) is 0 Å². The monoisotopic (exact) mass is 418 g/mol. The molecule has 0 fully saturated rings. The molecule has 0 saturated heterocycles.